The van der Waals surface area contributed by atoms with Gasteiger partial charge in [0.15, 0.2) is 0 Å². The van der Waals surface area contributed by atoms with Gasteiger partial charge in [-0.3, -0.25) is 0 Å². The second-order valence-corrected chi connectivity index (χ2v) is 5.93. The molecule has 4 aromatic rings. The maximum absolute atomic E-state index is 5.65. The molecule has 2 aromatic carbocycles. The van der Waals surface area contributed by atoms with Crippen molar-refractivity contribution in [1.82, 2.24) is 30.4 Å². The molecule has 118 valence electrons. The van der Waals surface area contributed by atoms with Gasteiger partial charge in [0, 0.05) is 15.6 Å². The summed E-state index contributed by atoms with van der Waals surface area (Å²) in [5.41, 5.74) is 1.76. The lowest BCUT2D eigenvalue weighted by Crippen LogP contribution is -2.04. The zero-order valence-corrected chi connectivity index (χ0v) is 14.0. The molecule has 7 nitrogen and oxygen atoms in total. The van der Waals surface area contributed by atoms with Crippen LogP contribution in [-0.2, 0) is 6.54 Å². The van der Waals surface area contributed by atoms with Crippen LogP contribution in [0.5, 0.6) is 0 Å². The summed E-state index contributed by atoms with van der Waals surface area (Å²) >= 11 is 3.40. The lowest BCUT2D eigenvalue weighted by molar-refractivity contribution is 0.446. The lowest BCUT2D eigenvalue weighted by Gasteiger charge is -1.95. The molecule has 8 heteroatoms. The smallest absolute Gasteiger partial charge is 0.247 e. The number of aromatic nitrogens is 6. The first-order valence-electron chi connectivity index (χ1n) is 7.19. The van der Waals surface area contributed by atoms with E-state index in [1.807, 2.05) is 54.6 Å². The molecule has 24 heavy (non-hydrogen) atoms. The molecular weight excluding hydrogens is 372 g/mol. The van der Waals surface area contributed by atoms with E-state index in [4.69, 9.17) is 4.42 Å². The summed E-state index contributed by atoms with van der Waals surface area (Å²) in [4.78, 5) is 1.43. The van der Waals surface area contributed by atoms with Gasteiger partial charge in [0.2, 0.25) is 17.6 Å². The number of rotatable bonds is 4. The number of halogens is 1. The zero-order valence-electron chi connectivity index (χ0n) is 12.4. The second kappa shape index (κ2) is 6.32. The fourth-order valence-electron chi connectivity index (χ4n) is 2.16. The summed E-state index contributed by atoms with van der Waals surface area (Å²) in [5, 5.41) is 20.5. The summed E-state index contributed by atoms with van der Waals surface area (Å²) in [7, 11) is 0. The third kappa shape index (κ3) is 3.09. The monoisotopic (exact) mass is 382 g/mol. The Hall–Kier alpha value is -2.87. The van der Waals surface area contributed by atoms with Gasteiger partial charge in [-0.1, -0.05) is 34.1 Å². The highest BCUT2D eigenvalue weighted by Gasteiger charge is 2.11. The van der Waals surface area contributed by atoms with Gasteiger partial charge in [-0.15, -0.1) is 20.4 Å². The number of tetrazole rings is 1. The van der Waals surface area contributed by atoms with E-state index in [1.54, 1.807) is 0 Å². The third-order valence-electron chi connectivity index (χ3n) is 3.32. The minimum Gasteiger partial charge on any atom is -0.419 e. The van der Waals surface area contributed by atoms with Gasteiger partial charge in [-0.25, -0.2) is 0 Å². The van der Waals surface area contributed by atoms with Gasteiger partial charge in [-0.05, 0) is 41.6 Å². The summed E-state index contributed by atoms with van der Waals surface area (Å²) in [6, 6.07) is 17.3. The van der Waals surface area contributed by atoms with Gasteiger partial charge < -0.3 is 4.42 Å². The molecule has 4 rings (SSSR count). The molecule has 0 fully saturated rings. The molecule has 0 amide bonds. The summed E-state index contributed by atoms with van der Waals surface area (Å²) in [6.07, 6.45) is 0. The highest BCUT2D eigenvalue weighted by atomic mass is 79.9. The largest absolute Gasteiger partial charge is 0.419 e. The van der Waals surface area contributed by atoms with E-state index in [9.17, 15) is 0 Å². The predicted octanol–water partition coefficient (Wildman–Crippen LogP) is 3.20. The molecule has 0 aliphatic carbocycles. The predicted molar refractivity (Wildman–Crippen MR) is 89.8 cm³/mol. The number of nitrogens with zero attached hydrogens (tertiary/aromatic N) is 6. The van der Waals surface area contributed by atoms with Crippen LogP contribution in [0, 0.1) is 0 Å². The van der Waals surface area contributed by atoms with Crippen LogP contribution in [0.4, 0.5) is 0 Å². The van der Waals surface area contributed by atoms with Crippen LogP contribution >= 0.6 is 15.9 Å². The van der Waals surface area contributed by atoms with Gasteiger partial charge in [0.25, 0.3) is 0 Å². The molecule has 0 saturated heterocycles. The summed E-state index contributed by atoms with van der Waals surface area (Å²) in [6.45, 7) is 0.267. The van der Waals surface area contributed by atoms with Crippen LogP contribution in [0.2, 0.25) is 0 Å². The van der Waals surface area contributed by atoms with Crippen LogP contribution < -0.4 is 0 Å². The first-order chi connectivity index (χ1) is 11.8. The molecule has 0 spiro atoms. The molecule has 0 unspecified atom stereocenters. The van der Waals surface area contributed by atoms with E-state index in [0.717, 1.165) is 15.6 Å². The minimum atomic E-state index is 0.267. The fraction of sp³-hybridized carbons (Fsp3) is 0.0625. The van der Waals surface area contributed by atoms with Crippen molar-refractivity contribution >= 4 is 15.9 Å². The molecule has 2 aromatic heterocycles. The van der Waals surface area contributed by atoms with Crippen molar-refractivity contribution in [2.45, 2.75) is 6.54 Å². The highest BCUT2D eigenvalue weighted by molar-refractivity contribution is 9.10. The van der Waals surface area contributed by atoms with E-state index in [-0.39, 0.29) is 6.54 Å². The lowest BCUT2D eigenvalue weighted by atomic mass is 10.2. The Bertz CT molecular complexity index is 948. The van der Waals surface area contributed by atoms with Crippen LogP contribution in [0.15, 0.2) is 63.5 Å². The zero-order chi connectivity index (χ0) is 16.4. The number of benzene rings is 2. The Morgan fingerprint density at radius 3 is 2.46 bits per heavy atom. The van der Waals surface area contributed by atoms with Crippen molar-refractivity contribution in [3.63, 3.8) is 0 Å². The summed E-state index contributed by atoms with van der Waals surface area (Å²) < 4.78 is 6.65. The Morgan fingerprint density at radius 2 is 1.67 bits per heavy atom. The Labute approximate surface area is 145 Å². The Kier molecular flexibility index (Phi) is 3.87. The standard InChI is InChI=1S/C16H11BrN6O/c17-13-8-6-11(7-9-13)15-19-22-23(21-15)10-14-18-20-16(24-14)12-4-2-1-3-5-12/h1-9H,10H2. The Balaban J connectivity index is 1.52. The van der Waals surface area contributed by atoms with E-state index < -0.39 is 0 Å². The molecule has 0 radical (unpaired) electrons. The molecule has 0 aliphatic rings. The average Bonchev–Trinajstić information content (AvgIpc) is 3.27. The van der Waals surface area contributed by atoms with Gasteiger partial charge in [0.1, 0.15) is 6.54 Å². The normalized spacial score (nSPS) is 10.9. The van der Waals surface area contributed by atoms with Crippen molar-refractivity contribution in [3.05, 3.63) is 65.0 Å². The van der Waals surface area contributed by atoms with Crippen LogP contribution in [-0.4, -0.2) is 30.4 Å². The van der Waals surface area contributed by atoms with E-state index >= 15 is 0 Å². The summed E-state index contributed by atoms with van der Waals surface area (Å²) in [5.74, 6) is 1.44. The molecule has 0 atom stereocenters. The van der Waals surface area contributed by atoms with Crippen molar-refractivity contribution in [2.75, 3.05) is 0 Å². The molecule has 0 saturated carbocycles. The molecule has 0 aliphatic heterocycles. The number of hydrogen-bond acceptors (Lipinski definition) is 6. The van der Waals surface area contributed by atoms with Crippen LogP contribution in [0.25, 0.3) is 22.8 Å². The maximum Gasteiger partial charge on any atom is 0.247 e. The van der Waals surface area contributed by atoms with Crippen LogP contribution in [0.1, 0.15) is 5.89 Å². The fourth-order valence-corrected chi connectivity index (χ4v) is 2.42. The topological polar surface area (TPSA) is 82.5 Å². The van der Waals surface area contributed by atoms with Gasteiger partial charge >= 0.3 is 0 Å². The first-order valence-corrected chi connectivity index (χ1v) is 7.99. The van der Waals surface area contributed by atoms with E-state index in [2.05, 4.69) is 41.5 Å². The van der Waals surface area contributed by atoms with Gasteiger partial charge in [0.05, 0.1) is 0 Å². The molecule has 2 heterocycles. The van der Waals surface area contributed by atoms with Crippen molar-refractivity contribution in [2.24, 2.45) is 0 Å². The Morgan fingerprint density at radius 1 is 0.875 bits per heavy atom. The molecular formula is C16H11BrN6O. The van der Waals surface area contributed by atoms with Crippen molar-refractivity contribution in [3.8, 4) is 22.8 Å². The maximum atomic E-state index is 5.65. The van der Waals surface area contributed by atoms with Gasteiger partial charge in [-0.2, -0.15) is 4.80 Å². The van der Waals surface area contributed by atoms with E-state index in [0.29, 0.717) is 17.6 Å². The molecule has 0 bridgehead atoms. The number of hydrogen-bond donors (Lipinski definition) is 0. The van der Waals surface area contributed by atoms with Crippen LogP contribution in [0.3, 0.4) is 0 Å². The SMILES string of the molecule is Brc1ccc(-c2nnn(Cc3nnc(-c4ccccc4)o3)n2)cc1. The average molecular weight is 383 g/mol. The van der Waals surface area contributed by atoms with E-state index in [1.165, 1.54) is 4.80 Å². The van der Waals surface area contributed by atoms with Crippen molar-refractivity contribution in [1.29, 1.82) is 0 Å². The second-order valence-electron chi connectivity index (χ2n) is 5.02. The minimum absolute atomic E-state index is 0.267. The third-order valence-corrected chi connectivity index (χ3v) is 3.85. The molecule has 0 N–H and O–H groups in total. The quantitative estimate of drug-likeness (QED) is 0.538. The van der Waals surface area contributed by atoms with Crippen molar-refractivity contribution < 1.29 is 4.42 Å². The highest BCUT2D eigenvalue weighted by Crippen LogP contribution is 2.19. The first kappa shape index (κ1) is 14.7.